The minimum atomic E-state index is -4.76. The average molecular weight is 329 g/mol. The molecule has 0 aliphatic carbocycles. The van der Waals surface area contributed by atoms with Gasteiger partial charge < -0.3 is 9.72 Å². The topological polar surface area (TPSA) is 83.5 Å². The number of ether oxygens (including phenoxy) is 1. The van der Waals surface area contributed by atoms with Gasteiger partial charge >= 0.3 is 12.1 Å². The molecule has 0 saturated heterocycles. The second-order valence-corrected chi connectivity index (χ2v) is 4.84. The molecule has 23 heavy (non-hydrogen) atoms. The number of hydrogen-bond donors (Lipinski definition) is 2. The highest BCUT2D eigenvalue weighted by Gasteiger charge is 2.43. The van der Waals surface area contributed by atoms with Crippen LogP contribution in [0.15, 0.2) is 10.7 Å². The van der Waals surface area contributed by atoms with Gasteiger partial charge in [0, 0.05) is 11.4 Å². The number of esters is 1. The summed E-state index contributed by atoms with van der Waals surface area (Å²) >= 11 is 0. The monoisotopic (exact) mass is 329 g/mol. The van der Waals surface area contributed by atoms with E-state index >= 15 is 0 Å². The predicted octanol–water partition coefficient (Wildman–Crippen LogP) is 2.24. The molecule has 0 bridgehead atoms. The first kappa shape index (κ1) is 16.8. The fourth-order valence-corrected chi connectivity index (χ4v) is 2.26. The van der Waals surface area contributed by atoms with Crippen LogP contribution in [0, 0.1) is 13.8 Å². The Morgan fingerprint density at radius 1 is 1.35 bits per heavy atom. The Labute approximate surface area is 129 Å². The van der Waals surface area contributed by atoms with E-state index in [9.17, 15) is 22.8 Å². The smallest absolute Gasteiger partial charge is 0.435 e. The van der Waals surface area contributed by atoms with E-state index in [1.165, 1.54) is 0 Å². The van der Waals surface area contributed by atoms with Crippen molar-refractivity contribution in [3.05, 3.63) is 28.1 Å². The van der Waals surface area contributed by atoms with Crippen molar-refractivity contribution in [2.24, 2.45) is 5.10 Å². The van der Waals surface area contributed by atoms with E-state index in [-0.39, 0.29) is 17.9 Å². The van der Waals surface area contributed by atoms with Crippen LogP contribution in [0.25, 0.3) is 6.08 Å². The van der Waals surface area contributed by atoms with Crippen LogP contribution in [0.4, 0.5) is 13.2 Å². The van der Waals surface area contributed by atoms with Gasteiger partial charge in [-0.2, -0.15) is 18.3 Å². The molecule has 2 rings (SSSR count). The van der Waals surface area contributed by atoms with Crippen molar-refractivity contribution in [2.45, 2.75) is 26.9 Å². The van der Waals surface area contributed by atoms with Gasteiger partial charge in [-0.15, -0.1) is 0 Å². The minimum Gasteiger partial charge on any atom is -0.462 e. The fourth-order valence-electron chi connectivity index (χ4n) is 2.26. The Hall–Kier alpha value is -2.58. The van der Waals surface area contributed by atoms with Crippen LogP contribution in [0.5, 0.6) is 0 Å². The first-order valence-corrected chi connectivity index (χ1v) is 6.70. The number of halogens is 3. The second-order valence-electron chi connectivity index (χ2n) is 4.84. The van der Waals surface area contributed by atoms with Gasteiger partial charge in [0.25, 0.3) is 5.91 Å². The van der Waals surface area contributed by atoms with Gasteiger partial charge in [-0.3, -0.25) is 4.79 Å². The Bertz CT molecular complexity index is 730. The van der Waals surface area contributed by atoms with Gasteiger partial charge in [-0.1, -0.05) is 0 Å². The van der Waals surface area contributed by atoms with E-state index in [0.29, 0.717) is 11.3 Å². The summed E-state index contributed by atoms with van der Waals surface area (Å²) in [4.78, 5) is 26.2. The first-order valence-electron chi connectivity index (χ1n) is 6.70. The molecule has 0 unspecified atom stereocenters. The molecule has 0 fully saturated rings. The van der Waals surface area contributed by atoms with Crippen LogP contribution in [-0.4, -0.2) is 35.4 Å². The highest BCUT2D eigenvalue weighted by atomic mass is 19.4. The van der Waals surface area contributed by atoms with E-state index < -0.39 is 29.3 Å². The maximum Gasteiger partial charge on any atom is 0.435 e. The summed E-state index contributed by atoms with van der Waals surface area (Å²) in [5.41, 5.74) is 1.17. The molecule has 124 valence electrons. The number of carbonyl (C=O) groups is 2. The maximum atomic E-state index is 12.9. The summed E-state index contributed by atoms with van der Waals surface area (Å²) in [6.45, 7) is 4.97. The van der Waals surface area contributed by atoms with Crippen molar-refractivity contribution in [1.29, 1.82) is 0 Å². The zero-order valence-corrected chi connectivity index (χ0v) is 12.6. The van der Waals surface area contributed by atoms with E-state index in [2.05, 4.69) is 10.1 Å². The van der Waals surface area contributed by atoms with Crippen molar-refractivity contribution in [3.8, 4) is 0 Å². The number of carbonyl (C=O) groups excluding carboxylic acids is 2. The number of hydrazone groups is 1. The van der Waals surface area contributed by atoms with E-state index in [1.807, 2.05) is 0 Å². The average Bonchev–Trinajstić information content (AvgIpc) is 2.92. The molecule has 9 heteroatoms. The molecular formula is C14H14F3N3O3. The molecule has 1 amide bonds. The van der Waals surface area contributed by atoms with Crippen LogP contribution in [0.1, 0.15) is 34.2 Å². The molecular weight excluding hydrogens is 315 g/mol. The summed E-state index contributed by atoms with van der Waals surface area (Å²) in [6.07, 6.45) is -3.73. The predicted molar refractivity (Wildman–Crippen MR) is 75.8 cm³/mol. The number of alkyl halides is 3. The van der Waals surface area contributed by atoms with Crippen molar-refractivity contribution in [2.75, 3.05) is 6.61 Å². The summed E-state index contributed by atoms with van der Waals surface area (Å²) in [7, 11) is 0. The van der Waals surface area contributed by atoms with Gasteiger partial charge in [0.15, 0.2) is 5.71 Å². The fraction of sp³-hybridized carbons (Fsp3) is 0.357. The van der Waals surface area contributed by atoms with Gasteiger partial charge in [-0.25, -0.2) is 10.2 Å². The van der Waals surface area contributed by atoms with Gasteiger partial charge in [0.1, 0.15) is 0 Å². The lowest BCUT2D eigenvalue weighted by atomic mass is 10.1. The van der Waals surface area contributed by atoms with E-state index in [4.69, 9.17) is 4.74 Å². The third-order valence-electron chi connectivity index (χ3n) is 3.28. The summed E-state index contributed by atoms with van der Waals surface area (Å²) in [5, 5.41) is 3.01. The third-order valence-corrected chi connectivity index (χ3v) is 3.28. The Kier molecular flexibility index (Phi) is 4.31. The van der Waals surface area contributed by atoms with E-state index in [0.717, 1.165) is 6.08 Å². The molecule has 0 radical (unpaired) electrons. The maximum absolute atomic E-state index is 12.9. The van der Waals surface area contributed by atoms with E-state index in [1.54, 1.807) is 26.2 Å². The molecule has 1 aromatic heterocycles. The Morgan fingerprint density at radius 2 is 2.00 bits per heavy atom. The largest absolute Gasteiger partial charge is 0.462 e. The molecule has 2 N–H and O–H groups in total. The molecule has 6 nitrogen and oxygen atoms in total. The number of H-pyrrole nitrogens is 1. The number of aromatic amines is 1. The molecule has 0 atom stereocenters. The second kappa shape index (κ2) is 5.90. The molecule has 1 aromatic rings. The number of nitrogens with one attached hydrogen (secondary N) is 2. The summed E-state index contributed by atoms with van der Waals surface area (Å²) in [6, 6.07) is 0. The minimum absolute atomic E-state index is 0.173. The zero-order valence-electron chi connectivity index (χ0n) is 12.6. The normalized spacial score (nSPS) is 16.5. The molecule has 1 aliphatic heterocycles. The van der Waals surface area contributed by atoms with Crippen LogP contribution in [-0.2, 0) is 9.53 Å². The highest BCUT2D eigenvalue weighted by molar-refractivity contribution is 6.29. The Morgan fingerprint density at radius 3 is 2.57 bits per heavy atom. The number of amides is 1. The summed E-state index contributed by atoms with van der Waals surface area (Å²) in [5.74, 6) is -1.54. The molecule has 0 spiro atoms. The lowest BCUT2D eigenvalue weighted by Gasteiger charge is -2.05. The standard InChI is InChI=1S/C14H14F3N3O3/c1-4-23-13(22)10-6(2)9(18-7(10)3)5-8-11(14(15,16)17)19-20-12(8)21/h5,18H,4H2,1-3H3,(H,20,21)/b8-5+. The van der Waals surface area contributed by atoms with Crippen LogP contribution >= 0.6 is 0 Å². The Balaban J connectivity index is 2.48. The molecule has 0 saturated carbocycles. The van der Waals surface area contributed by atoms with Crippen LogP contribution in [0.3, 0.4) is 0 Å². The number of nitrogens with zero attached hydrogens (tertiary/aromatic N) is 1. The van der Waals surface area contributed by atoms with Crippen LogP contribution in [0.2, 0.25) is 0 Å². The van der Waals surface area contributed by atoms with Crippen molar-refractivity contribution >= 4 is 23.7 Å². The van der Waals surface area contributed by atoms with Crippen molar-refractivity contribution in [3.63, 3.8) is 0 Å². The van der Waals surface area contributed by atoms with Crippen molar-refractivity contribution < 1.29 is 27.5 Å². The summed E-state index contributed by atoms with van der Waals surface area (Å²) < 4.78 is 43.5. The SMILES string of the molecule is CCOC(=O)c1c(C)[nH]c(/C=C2/C(=O)NN=C2C(F)(F)F)c1C. The molecule has 1 aliphatic rings. The molecule has 2 heterocycles. The number of hydrogen-bond acceptors (Lipinski definition) is 4. The number of rotatable bonds is 3. The third kappa shape index (κ3) is 3.13. The number of aromatic nitrogens is 1. The highest BCUT2D eigenvalue weighted by Crippen LogP contribution is 2.28. The first-order chi connectivity index (χ1) is 10.7. The van der Waals surface area contributed by atoms with Gasteiger partial charge in [0.05, 0.1) is 17.7 Å². The van der Waals surface area contributed by atoms with Crippen molar-refractivity contribution in [1.82, 2.24) is 10.4 Å². The lowest BCUT2D eigenvalue weighted by molar-refractivity contribution is -0.116. The van der Waals surface area contributed by atoms with Crippen LogP contribution < -0.4 is 5.43 Å². The lowest BCUT2D eigenvalue weighted by Crippen LogP contribution is -2.24. The molecule has 0 aromatic carbocycles. The quantitative estimate of drug-likeness (QED) is 0.659. The zero-order chi connectivity index (χ0) is 17.4. The van der Waals surface area contributed by atoms with Gasteiger partial charge in [-0.05, 0) is 32.4 Å². The van der Waals surface area contributed by atoms with Gasteiger partial charge in [0.2, 0.25) is 0 Å². The number of aryl methyl sites for hydroxylation is 1.